The van der Waals surface area contributed by atoms with Crippen molar-refractivity contribution in [2.24, 2.45) is 0 Å². The molecule has 0 aliphatic carbocycles. The Hall–Kier alpha value is -0.573. The molecular formula is C17H33NOSi. The minimum Gasteiger partial charge on any atom is -0.343 e. The van der Waals surface area contributed by atoms with E-state index in [1.54, 1.807) is 0 Å². The van der Waals surface area contributed by atoms with E-state index in [1.165, 1.54) is 44.2 Å². The molecule has 3 heteroatoms. The molecule has 0 aromatic carbocycles. The van der Waals surface area contributed by atoms with E-state index in [0.717, 1.165) is 32.4 Å². The molecule has 0 saturated carbocycles. The molecule has 0 N–H and O–H groups in total. The molecule has 116 valence electrons. The lowest BCUT2D eigenvalue weighted by Crippen LogP contribution is -2.45. The minimum absolute atomic E-state index is 0.404. The van der Waals surface area contributed by atoms with E-state index >= 15 is 0 Å². The van der Waals surface area contributed by atoms with Crippen LogP contribution in [0.2, 0.25) is 25.2 Å². The molecule has 0 aromatic rings. The number of hydrogen-bond donors (Lipinski definition) is 0. The van der Waals surface area contributed by atoms with Gasteiger partial charge in [-0.15, -0.1) is 6.58 Å². The van der Waals surface area contributed by atoms with E-state index < -0.39 is 8.07 Å². The Morgan fingerprint density at radius 3 is 2.20 bits per heavy atom. The van der Waals surface area contributed by atoms with E-state index in [4.69, 9.17) is 0 Å². The van der Waals surface area contributed by atoms with Crippen LogP contribution in [0.5, 0.6) is 0 Å². The highest BCUT2D eigenvalue weighted by Gasteiger charge is 2.28. The lowest BCUT2D eigenvalue weighted by atomic mass is 10.1. The van der Waals surface area contributed by atoms with Crippen LogP contribution in [-0.4, -0.2) is 32.0 Å². The van der Waals surface area contributed by atoms with Crippen LogP contribution >= 0.6 is 0 Å². The number of carbonyl (C=O) groups excluding carboxylic acids is 1. The standard InChI is InChI=1S/C17H33NOSi/c1-4-5-6-7-8-9-10-11-12-17(19)18-13-15-20(2,3)16-14-18/h4H,1,5-16H2,2-3H3. The summed E-state index contributed by atoms with van der Waals surface area (Å²) in [6.45, 7) is 10.7. The van der Waals surface area contributed by atoms with Crippen LogP contribution in [0.25, 0.3) is 0 Å². The maximum Gasteiger partial charge on any atom is 0.222 e. The molecule has 1 aliphatic rings. The van der Waals surface area contributed by atoms with Gasteiger partial charge in [0, 0.05) is 19.5 Å². The van der Waals surface area contributed by atoms with E-state index in [9.17, 15) is 4.79 Å². The van der Waals surface area contributed by atoms with Gasteiger partial charge in [-0.25, -0.2) is 0 Å². The van der Waals surface area contributed by atoms with Crippen LogP contribution in [0.3, 0.4) is 0 Å². The van der Waals surface area contributed by atoms with Gasteiger partial charge in [0.2, 0.25) is 5.91 Å². The largest absolute Gasteiger partial charge is 0.343 e. The van der Waals surface area contributed by atoms with Gasteiger partial charge in [-0.2, -0.15) is 0 Å². The Balaban J connectivity index is 1.99. The van der Waals surface area contributed by atoms with Crippen molar-refractivity contribution >= 4 is 14.0 Å². The summed E-state index contributed by atoms with van der Waals surface area (Å²) in [5.74, 6) is 0.404. The molecule has 1 rings (SSSR count). The van der Waals surface area contributed by atoms with Crippen LogP contribution in [-0.2, 0) is 4.79 Å². The van der Waals surface area contributed by atoms with E-state index in [0.29, 0.717) is 5.91 Å². The number of hydrogen-bond acceptors (Lipinski definition) is 1. The molecule has 1 aliphatic heterocycles. The summed E-state index contributed by atoms with van der Waals surface area (Å²) in [5.41, 5.74) is 0. The molecular weight excluding hydrogens is 262 g/mol. The molecule has 0 aromatic heterocycles. The first-order chi connectivity index (χ1) is 9.55. The molecule has 0 atom stereocenters. The van der Waals surface area contributed by atoms with Crippen molar-refractivity contribution in [3.63, 3.8) is 0 Å². The maximum absolute atomic E-state index is 12.1. The summed E-state index contributed by atoms with van der Waals surface area (Å²) in [6, 6.07) is 2.59. The topological polar surface area (TPSA) is 20.3 Å². The Labute approximate surface area is 126 Å². The molecule has 0 radical (unpaired) electrons. The van der Waals surface area contributed by atoms with Gasteiger partial charge in [0.25, 0.3) is 0 Å². The predicted octanol–water partition coefficient (Wildman–Crippen LogP) is 4.84. The molecule has 20 heavy (non-hydrogen) atoms. The van der Waals surface area contributed by atoms with Gasteiger partial charge < -0.3 is 4.90 Å². The van der Waals surface area contributed by atoms with Gasteiger partial charge in [0.1, 0.15) is 0 Å². The predicted molar refractivity (Wildman–Crippen MR) is 90.8 cm³/mol. The van der Waals surface area contributed by atoms with Crippen LogP contribution in [0.4, 0.5) is 0 Å². The first kappa shape index (κ1) is 17.5. The summed E-state index contributed by atoms with van der Waals surface area (Å²) < 4.78 is 0. The van der Waals surface area contributed by atoms with Crippen molar-refractivity contribution in [3.8, 4) is 0 Å². The third kappa shape index (κ3) is 7.27. The normalized spacial score (nSPS) is 18.0. The van der Waals surface area contributed by atoms with Crippen molar-refractivity contribution in [1.82, 2.24) is 4.90 Å². The Kier molecular flexibility index (Phi) is 8.20. The molecule has 2 nitrogen and oxygen atoms in total. The average Bonchev–Trinajstić information content (AvgIpc) is 2.41. The number of rotatable bonds is 9. The van der Waals surface area contributed by atoms with Gasteiger partial charge >= 0.3 is 0 Å². The first-order valence-corrected chi connectivity index (χ1v) is 11.9. The second kappa shape index (κ2) is 9.38. The van der Waals surface area contributed by atoms with Crippen LogP contribution in [0.1, 0.15) is 51.4 Å². The Bertz CT molecular complexity index is 291. The fraction of sp³-hybridized carbons (Fsp3) is 0.824. The van der Waals surface area contributed by atoms with Crippen LogP contribution in [0, 0.1) is 0 Å². The van der Waals surface area contributed by atoms with Crippen molar-refractivity contribution in [2.75, 3.05) is 13.1 Å². The summed E-state index contributed by atoms with van der Waals surface area (Å²) >= 11 is 0. The third-order valence-corrected chi connectivity index (χ3v) is 7.67. The number of unbranched alkanes of at least 4 members (excludes halogenated alkanes) is 6. The molecule has 1 amide bonds. The fourth-order valence-corrected chi connectivity index (χ4v) is 4.79. The second-order valence-electron chi connectivity index (χ2n) is 6.99. The SMILES string of the molecule is C=CCCCCCCCCC(=O)N1CC[Si](C)(C)CC1. The van der Waals surface area contributed by atoms with Gasteiger partial charge in [-0.1, -0.05) is 44.9 Å². The third-order valence-electron chi connectivity index (χ3n) is 4.52. The molecule has 0 spiro atoms. The zero-order valence-electron chi connectivity index (χ0n) is 13.6. The number of carbonyl (C=O) groups is 1. The molecule has 0 unspecified atom stereocenters. The van der Waals surface area contributed by atoms with Crippen molar-refractivity contribution in [2.45, 2.75) is 76.5 Å². The van der Waals surface area contributed by atoms with Crippen molar-refractivity contribution in [1.29, 1.82) is 0 Å². The second-order valence-corrected chi connectivity index (χ2v) is 12.3. The maximum atomic E-state index is 12.1. The molecule has 1 saturated heterocycles. The highest BCUT2D eigenvalue weighted by Crippen LogP contribution is 2.22. The van der Waals surface area contributed by atoms with Gasteiger partial charge in [-0.3, -0.25) is 4.79 Å². The van der Waals surface area contributed by atoms with Gasteiger partial charge in [0.15, 0.2) is 0 Å². The van der Waals surface area contributed by atoms with Crippen LogP contribution < -0.4 is 0 Å². The van der Waals surface area contributed by atoms with Crippen molar-refractivity contribution in [3.05, 3.63) is 12.7 Å². The summed E-state index contributed by atoms with van der Waals surface area (Å²) in [7, 11) is -0.939. The van der Waals surface area contributed by atoms with E-state index in [-0.39, 0.29) is 0 Å². The lowest BCUT2D eigenvalue weighted by Gasteiger charge is -2.35. The number of nitrogens with zero attached hydrogens (tertiary/aromatic N) is 1. The molecule has 1 heterocycles. The highest BCUT2D eigenvalue weighted by molar-refractivity contribution is 6.77. The zero-order valence-corrected chi connectivity index (χ0v) is 14.6. The minimum atomic E-state index is -0.939. The number of amides is 1. The lowest BCUT2D eigenvalue weighted by molar-refractivity contribution is -0.131. The Morgan fingerprint density at radius 1 is 1.05 bits per heavy atom. The fourth-order valence-electron chi connectivity index (χ4n) is 2.79. The number of allylic oxidation sites excluding steroid dienone is 1. The first-order valence-electron chi connectivity index (χ1n) is 8.44. The van der Waals surface area contributed by atoms with Crippen molar-refractivity contribution < 1.29 is 4.79 Å². The summed E-state index contributed by atoms with van der Waals surface area (Å²) in [4.78, 5) is 14.2. The monoisotopic (exact) mass is 295 g/mol. The zero-order chi connectivity index (χ0) is 14.8. The molecule has 1 fully saturated rings. The van der Waals surface area contributed by atoms with Gasteiger partial charge in [-0.05, 0) is 31.4 Å². The van der Waals surface area contributed by atoms with E-state index in [2.05, 4.69) is 24.6 Å². The summed E-state index contributed by atoms with van der Waals surface area (Å²) in [5, 5.41) is 0. The quantitative estimate of drug-likeness (QED) is 0.338. The smallest absolute Gasteiger partial charge is 0.222 e. The average molecular weight is 296 g/mol. The molecule has 0 bridgehead atoms. The van der Waals surface area contributed by atoms with E-state index in [1.807, 2.05) is 6.08 Å². The highest BCUT2D eigenvalue weighted by atomic mass is 28.3. The van der Waals surface area contributed by atoms with Gasteiger partial charge in [0.05, 0.1) is 8.07 Å². The Morgan fingerprint density at radius 2 is 1.60 bits per heavy atom. The summed E-state index contributed by atoms with van der Waals surface area (Å²) in [6.07, 6.45) is 11.4. The van der Waals surface area contributed by atoms with Crippen LogP contribution in [0.15, 0.2) is 12.7 Å².